The number of rotatable bonds is 7. The molecule has 0 heterocycles. The SMILES string of the molecule is C=CC=NC(=C(C)C)/C(N=CC(C)C(C)C)=C(/C)C=C. The van der Waals surface area contributed by atoms with Gasteiger partial charge in [-0.05, 0) is 43.8 Å². The van der Waals surface area contributed by atoms with Crippen molar-refractivity contribution in [1.29, 1.82) is 0 Å². The lowest BCUT2D eigenvalue weighted by molar-refractivity contribution is 0.540. The fraction of sp³-hybridized carbons (Fsp3) is 0.444. The van der Waals surface area contributed by atoms with Gasteiger partial charge in [-0.25, -0.2) is 0 Å². The smallest absolute Gasteiger partial charge is 0.0910 e. The van der Waals surface area contributed by atoms with Crippen LogP contribution >= 0.6 is 0 Å². The third-order valence-electron chi connectivity index (χ3n) is 3.18. The number of hydrogen-bond acceptors (Lipinski definition) is 2. The van der Waals surface area contributed by atoms with Gasteiger partial charge in [-0.2, -0.15) is 0 Å². The predicted octanol–water partition coefficient (Wildman–Crippen LogP) is 5.36. The molecule has 2 nitrogen and oxygen atoms in total. The first-order valence-electron chi connectivity index (χ1n) is 7.05. The maximum atomic E-state index is 4.67. The van der Waals surface area contributed by atoms with Crippen LogP contribution < -0.4 is 0 Å². The van der Waals surface area contributed by atoms with Gasteiger partial charge in [-0.3, -0.25) is 9.98 Å². The second-order valence-corrected chi connectivity index (χ2v) is 5.48. The van der Waals surface area contributed by atoms with E-state index in [1.54, 1.807) is 12.3 Å². The first-order valence-corrected chi connectivity index (χ1v) is 7.05. The monoisotopic (exact) mass is 272 g/mol. The van der Waals surface area contributed by atoms with Gasteiger partial charge in [0.1, 0.15) is 0 Å². The van der Waals surface area contributed by atoms with E-state index in [0.717, 1.165) is 22.5 Å². The second-order valence-electron chi connectivity index (χ2n) is 5.48. The summed E-state index contributed by atoms with van der Waals surface area (Å²) in [7, 11) is 0. The first kappa shape index (κ1) is 18.3. The van der Waals surface area contributed by atoms with Crippen LogP contribution in [0.15, 0.2) is 57.8 Å². The van der Waals surface area contributed by atoms with Crippen LogP contribution in [-0.4, -0.2) is 12.4 Å². The highest BCUT2D eigenvalue weighted by Gasteiger charge is 2.09. The van der Waals surface area contributed by atoms with E-state index in [2.05, 4.69) is 43.9 Å². The summed E-state index contributed by atoms with van der Waals surface area (Å²) in [5.74, 6) is 0.986. The molecule has 0 fully saturated rings. The number of aliphatic imine (C=N–C) groups is 2. The molecule has 110 valence electrons. The topological polar surface area (TPSA) is 24.7 Å². The van der Waals surface area contributed by atoms with Gasteiger partial charge in [0.2, 0.25) is 0 Å². The van der Waals surface area contributed by atoms with Gasteiger partial charge in [0, 0.05) is 12.4 Å². The summed E-state index contributed by atoms with van der Waals surface area (Å²) in [5, 5.41) is 0. The van der Waals surface area contributed by atoms with E-state index in [1.165, 1.54) is 0 Å². The maximum Gasteiger partial charge on any atom is 0.0910 e. The van der Waals surface area contributed by atoms with Crippen molar-refractivity contribution in [3.8, 4) is 0 Å². The van der Waals surface area contributed by atoms with Crippen molar-refractivity contribution in [3.05, 3.63) is 47.9 Å². The highest BCUT2D eigenvalue weighted by molar-refractivity contribution is 5.73. The number of nitrogens with zero attached hydrogens (tertiary/aromatic N) is 2. The van der Waals surface area contributed by atoms with Crippen molar-refractivity contribution < 1.29 is 0 Å². The molecule has 0 aliphatic rings. The molecule has 0 aliphatic heterocycles. The van der Waals surface area contributed by atoms with E-state index < -0.39 is 0 Å². The molecule has 0 amide bonds. The summed E-state index contributed by atoms with van der Waals surface area (Å²) < 4.78 is 0. The maximum absolute atomic E-state index is 4.67. The van der Waals surface area contributed by atoms with Crippen LogP contribution in [0.25, 0.3) is 0 Å². The molecular weight excluding hydrogens is 244 g/mol. The summed E-state index contributed by atoms with van der Waals surface area (Å²) in [4.78, 5) is 9.12. The minimum Gasteiger partial charge on any atom is -0.258 e. The standard InChI is InChI=1S/C18H28N2/c1-9-11-19-17(14(5)6)18(15(7)10-2)20-12-16(8)13(3)4/h9-13,16H,1-2H2,3-8H3/b18-15+,19-11?,20-12?. The zero-order valence-corrected chi connectivity index (χ0v) is 13.8. The van der Waals surface area contributed by atoms with E-state index in [4.69, 9.17) is 0 Å². The molecule has 0 aromatic carbocycles. The van der Waals surface area contributed by atoms with E-state index in [0.29, 0.717) is 11.8 Å². The average molecular weight is 272 g/mol. The van der Waals surface area contributed by atoms with Crippen molar-refractivity contribution in [2.75, 3.05) is 0 Å². The Kier molecular flexibility index (Phi) is 8.46. The molecule has 20 heavy (non-hydrogen) atoms. The van der Waals surface area contributed by atoms with Crippen LogP contribution in [-0.2, 0) is 0 Å². The van der Waals surface area contributed by atoms with Crippen molar-refractivity contribution in [1.82, 2.24) is 0 Å². The molecule has 0 saturated carbocycles. The highest BCUT2D eigenvalue weighted by Crippen LogP contribution is 2.22. The Morgan fingerprint density at radius 1 is 0.950 bits per heavy atom. The van der Waals surface area contributed by atoms with Gasteiger partial charge >= 0.3 is 0 Å². The Balaban J connectivity index is 5.71. The Morgan fingerprint density at radius 3 is 1.95 bits per heavy atom. The third-order valence-corrected chi connectivity index (χ3v) is 3.18. The fourth-order valence-electron chi connectivity index (χ4n) is 1.36. The van der Waals surface area contributed by atoms with Gasteiger partial charge in [0.25, 0.3) is 0 Å². The van der Waals surface area contributed by atoms with Gasteiger partial charge in [0.05, 0.1) is 11.4 Å². The molecular formula is C18H28N2. The van der Waals surface area contributed by atoms with E-state index >= 15 is 0 Å². The zero-order chi connectivity index (χ0) is 15.7. The fourth-order valence-corrected chi connectivity index (χ4v) is 1.36. The van der Waals surface area contributed by atoms with Crippen LogP contribution in [0.3, 0.4) is 0 Å². The third kappa shape index (κ3) is 5.96. The largest absolute Gasteiger partial charge is 0.258 e. The molecule has 1 atom stereocenters. The molecule has 0 rings (SSSR count). The number of allylic oxidation sites excluding steroid dienone is 4. The molecule has 0 radical (unpaired) electrons. The normalized spacial score (nSPS) is 14.6. The molecule has 0 bridgehead atoms. The van der Waals surface area contributed by atoms with Crippen LogP contribution in [0.4, 0.5) is 0 Å². The van der Waals surface area contributed by atoms with Crippen LogP contribution in [0, 0.1) is 11.8 Å². The minimum absolute atomic E-state index is 0.421. The molecule has 0 aliphatic carbocycles. The van der Waals surface area contributed by atoms with Gasteiger partial charge in [-0.15, -0.1) is 0 Å². The summed E-state index contributed by atoms with van der Waals surface area (Å²) >= 11 is 0. The lowest BCUT2D eigenvalue weighted by Gasteiger charge is -2.12. The lowest BCUT2D eigenvalue weighted by atomic mass is 9.99. The second kappa shape index (κ2) is 9.24. The Bertz CT molecular complexity index is 456. The summed E-state index contributed by atoms with van der Waals surface area (Å²) in [6.07, 6.45) is 7.18. The van der Waals surface area contributed by atoms with Gasteiger partial charge in [-0.1, -0.05) is 46.1 Å². The van der Waals surface area contributed by atoms with Crippen molar-refractivity contribution >= 4 is 12.4 Å². The number of hydrogen-bond donors (Lipinski definition) is 0. The van der Waals surface area contributed by atoms with E-state index in [1.807, 2.05) is 33.1 Å². The van der Waals surface area contributed by atoms with Gasteiger partial charge in [0.15, 0.2) is 0 Å². The molecule has 0 spiro atoms. The predicted molar refractivity (Wildman–Crippen MR) is 92.5 cm³/mol. The van der Waals surface area contributed by atoms with E-state index in [9.17, 15) is 0 Å². The Labute approximate surface area is 124 Å². The highest BCUT2D eigenvalue weighted by atomic mass is 14.8. The molecule has 0 N–H and O–H groups in total. The minimum atomic E-state index is 0.421. The van der Waals surface area contributed by atoms with Gasteiger partial charge < -0.3 is 0 Å². The Hall–Kier alpha value is -1.70. The molecule has 0 aromatic heterocycles. The van der Waals surface area contributed by atoms with Crippen molar-refractivity contribution in [2.24, 2.45) is 21.8 Å². The Morgan fingerprint density at radius 2 is 1.55 bits per heavy atom. The van der Waals surface area contributed by atoms with Crippen molar-refractivity contribution in [3.63, 3.8) is 0 Å². The molecule has 0 aromatic rings. The molecule has 1 unspecified atom stereocenters. The quantitative estimate of drug-likeness (QED) is 0.440. The van der Waals surface area contributed by atoms with Crippen LogP contribution in [0.2, 0.25) is 0 Å². The summed E-state index contributed by atoms with van der Waals surface area (Å²) in [6, 6.07) is 0. The first-order chi connectivity index (χ1) is 9.34. The van der Waals surface area contributed by atoms with Crippen LogP contribution in [0.1, 0.15) is 41.5 Å². The lowest BCUT2D eigenvalue weighted by Crippen LogP contribution is -2.05. The summed E-state index contributed by atoms with van der Waals surface area (Å²) in [5.41, 5.74) is 3.91. The van der Waals surface area contributed by atoms with Crippen LogP contribution in [0.5, 0.6) is 0 Å². The van der Waals surface area contributed by atoms with Crippen molar-refractivity contribution in [2.45, 2.75) is 41.5 Å². The average Bonchev–Trinajstić information content (AvgIpc) is 2.40. The molecule has 0 saturated heterocycles. The zero-order valence-electron chi connectivity index (χ0n) is 13.8. The molecule has 2 heteroatoms. The van der Waals surface area contributed by atoms with E-state index in [-0.39, 0.29) is 0 Å². The summed E-state index contributed by atoms with van der Waals surface area (Å²) in [6.45, 7) is 20.1.